The molecule has 1 aromatic carbocycles. The Labute approximate surface area is 110 Å². The van der Waals surface area contributed by atoms with E-state index in [-0.39, 0.29) is 11.3 Å². The van der Waals surface area contributed by atoms with Gasteiger partial charge in [0.15, 0.2) is 0 Å². The molecule has 1 aromatic heterocycles. The summed E-state index contributed by atoms with van der Waals surface area (Å²) in [6.45, 7) is 3.35. The van der Waals surface area contributed by atoms with Crippen molar-refractivity contribution in [3.63, 3.8) is 0 Å². The van der Waals surface area contributed by atoms with Crippen molar-refractivity contribution in [2.24, 2.45) is 0 Å². The number of benzene rings is 1. The summed E-state index contributed by atoms with van der Waals surface area (Å²) in [5, 5.41) is 16.3. The van der Waals surface area contributed by atoms with Crippen LogP contribution in [0.1, 0.15) is 15.9 Å². The molecule has 4 N–H and O–H groups in total. The number of nitrogens with one attached hydrogen (secondary N) is 1. The first-order valence-electron chi connectivity index (χ1n) is 5.92. The first-order valence-corrected chi connectivity index (χ1v) is 5.92. The number of nitrogens with zero attached hydrogens (tertiary/aromatic N) is 2. The Balaban J connectivity index is 1.96. The number of aromatic nitrogens is 2. The van der Waals surface area contributed by atoms with E-state index >= 15 is 0 Å². The second-order valence-electron chi connectivity index (χ2n) is 4.31. The maximum Gasteiger partial charge on any atom is 0.337 e. The molecule has 2 aromatic rings. The molecule has 0 amide bonds. The molecule has 1 heterocycles. The van der Waals surface area contributed by atoms with Crippen molar-refractivity contribution in [1.82, 2.24) is 9.78 Å². The van der Waals surface area contributed by atoms with Crippen LogP contribution in [0.25, 0.3) is 0 Å². The van der Waals surface area contributed by atoms with Crippen LogP contribution in [0.4, 0.5) is 11.4 Å². The van der Waals surface area contributed by atoms with Gasteiger partial charge in [-0.15, -0.1) is 0 Å². The average Bonchev–Trinajstić information content (AvgIpc) is 2.77. The fourth-order valence-electron chi connectivity index (χ4n) is 1.76. The highest BCUT2D eigenvalue weighted by molar-refractivity contribution is 5.94. The predicted molar refractivity (Wildman–Crippen MR) is 73.3 cm³/mol. The number of anilines is 2. The normalized spacial score (nSPS) is 10.4. The largest absolute Gasteiger partial charge is 0.478 e. The lowest BCUT2D eigenvalue weighted by Crippen LogP contribution is -2.11. The molecule has 0 unspecified atom stereocenters. The lowest BCUT2D eigenvalue weighted by Gasteiger charge is -2.08. The predicted octanol–water partition coefficient (Wildman–Crippen LogP) is 1.58. The third-order valence-electron chi connectivity index (χ3n) is 2.72. The number of aromatic carboxylic acids is 1. The summed E-state index contributed by atoms with van der Waals surface area (Å²) in [5.41, 5.74) is 7.81. The second kappa shape index (κ2) is 5.43. The Morgan fingerprint density at radius 1 is 1.53 bits per heavy atom. The van der Waals surface area contributed by atoms with Gasteiger partial charge < -0.3 is 16.2 Å². The quantitative estimate of drug-likeness (QED) is 0.710. The highest BCUT2D eigenvalue weighted by atomic mass is 16.4. The van der Waals surface area contributed by atoms with Gasteiger partial charge in [-0.25, -0.2) is 4.79 Å². The summed E-state index contributed by atoms with van der Waals surface area (Å²) in [4.78, 5) is 11.0. The summed E-state index contributed by atoms with van der Waals surface area (Å²) in [6.07, 6.45) is 3.75. The zero-order chi connectivity index (χ0) is 13.8. The van der Waals surface area contributed by atoms with Gasteiger partial charge in [0, 0.05) is 24.1 Å². The lowest BCUT2D eigenvalue weighted by molar-refractivity contribution is 0.0698. The van der Waals surface area contributed by atoms with Gasteiger partial charge in [-0.05, 0) is 30.7 Å². The molecule has 0 saturated carbocycles. The Morgan fingerprint density at radius 2 is 2.32 bits per heavy atom. The molecule has 19 heavy (non-hydrogen) atoms. The van der Waals surface area contributed by atoms with Crippen molar-refractivity contribution in [3.05, 3.63) is 41.7 Å². The van der Waals surface area contributed by atoms with Gasteiger partial charge in [0.25, 0.3) is 0 Å². The minimum atomic E-state index is -1.02. The molecule has 6 heteroatoms. The van der Waals surface area contributed by atoms with Gasteiger partial charge in [-0.2, -0.15) is 5.10 Å². The van der Waals surface area contributed by atoms with Crippen LogP contribution in [0, 0.1) is 6.92 Å². The molecule has 6 nitrogen and oxygen atoms in total. The number of hydrogen-bond acceptors (Lipinski definition) is 4. The number of rotatable bonds is 5. The van der Waals surface area contributed by atoms with Crippen LogP contribution < -0.4 is 11.1 Å². The molecule has 0 saturated heterocycles. The van der Waals surface area contributed by atoms with Crippen molar-refractivity contribution in [3.8, 4) is 0 Å². The number of nitrogen functional groups attached to an aromatic ring is 1. The molecule has 0 aliphatic heterocycles. The fraction of sp³-hybridized carbons (Fsp3) is 0.231. The summed E-state index contributed by atoms with van der Waals surface area (Å²) < 4.78 is 1.83. The van der Waals surface area contributed by atoms with E-state index in [1.165, 1.54) is 6.07 Å². The van der Waals surface area contributed by atoms with E-state index in [2.05, 4.69) is 10.4 Å². The summed E-state index contributed by atoms with van der Waals surface area (Å²) >= 11 is 0. The number of aryl methyl sites for hydroxylation is 1. The molecule has 0 aliphatic rings. The van der Waals surface area contributed by atoms with Crippen LogP contribution >= 0.6 is 0 Å². The van der Waals surface area contributed by atoms with Gasteiger partial charge in [-0.1, -0.05) is 0 Å². The SMILES string of the molecule is Cc1cnn(CCNc2ccc(N)c(C(=O)O)c2)c1. The third kappa shape index (κ3) is 3.25. The van der Waals surface area contributed by atoms with Crippen LogP contribution in [-0.4, -0.2) is 27.4 Å². The zero-order valence-corrected chi connectivity index (χ0v) is 10.6. The van der Waals surface area contributed by atoms with Gasteiger partial charge in [0.1, 0.15) is 0 Å². The van der Waals surface area contributed by atoms with E-state index in [4.69, 9.17) is 10.8 Å². The second-order valence-corrected chi connectivity index (χ2v) is 4.31. The van der Waals surface area contributed by atoms with Gasteiger partial charge >= 0.3 is 5.97 Å². The van der Waals surface area contributed by atoms with Gasteiger partial charge in [0.05, 0.1) is 18.3 Å². The van der Waals surface area contributed by atoms with E-state index < -0.39 is 5.97 Å². The number of nitrogens with two attached hydrogens (primary N) is 1. The molecule has 0 radical (unpaired) electrons. The minimum Gasteiger partial charge on any atom is -0.478 e. The van der Waals surface area contributed by atoms with Crippen molar-refractivity contribution in [1.29, 1.82) is 0 Å². The van der Waals surface area contributed by atoms with E-state index in [9.17, 15) is 4.79 Å². The van der Waals surface area contributed by atoms with Gasteiger partial charge in [0.2, 0.25) is 0 Å². The molecule has 0 atom stereocenters. The van der Waals surface area contributed by atoms with E-state index in [1.807, 2.05) is 17.8 Å². The molecule has 0 spiro atoms. The molecule has 0 fully saturated rings. The van der Waals surface area contributed by atoms with Crippen molar-refractivity contribution in [2.45, 2.75) is 13.5 Å². The van der Waals surface area contributed by atoms with Crippen LogP contribution in [-0.2, 0) is 6.54 Å². The Morgan fingerprint density at radius 3 is 2.95 bits per heavy atom. The maximum atomic E-state index is 11.0. The highest BCUT2D eigenvalue weighted by Crippen LogP contribution is 2.17. The average molecular weight is 260 g/mol. The van der Waals surface area contributed by atoms with Gasteiger partial charge in [-0.3, -0.25) is 4.68 Å². The van der Waals surface area contributed by atoms with E-state index in [1.54, 1.807) is 18.3 Å². The fourth-order valence-corrected chi connectivity index (χ4v) is 1.76. The topological polar surface area (TPSA) is 93.2 Å². The van der Waals surface area contributed by atoms with E-state index in [0.717, 1.165) is 11.3 Å². The van der Waals surface area contributed by atoms with E-state index in [0.29, 0.717) is 13.1 Å². The lowest BCUT2D eigenvalue weighted by atomic mass is 10.1. The van der Waals surface area contributed by atoms with Crippen LogP contribution in [0.3, 0.4) is 0 Å². The smallest absolute Gasteiger partial charge is 0.337 e. The monoisotopic (exact) mass is 260 g/mol. The van der Waals surface area contributed by atoms with Crippen molar-refractivity contribution in [2.75, 3.05) is 17.6 Å². The van der Waals surface area contributed by atoms with Crippen LogP contribution in [0.2, 0.25) is 0 Å². The number of carbonyl (C=O) groups is 1. The molecule has 0 bridgehead atoms. The first kappa shape index (κ1) is 12.9. The van der Waals surface area contributed by atoms with Crippen molar-refractivity contribution < 1.29 is 9.90 Å². The van der Waals surface area contributed by atoms with Crippen LogP contribution in [0.5, 0.6) is 0 Å². The zero-order valence-electron chi connectivity index (χ0n) is 10.6. The Kier molecular flexibility index (Phi) is 3.70. The maximum absolute atomic E-state index is 11.0. The molecule has 100 valence electrons. The third-order valence-corrected chi connectivity index (χ3v) is 2.72. The number of carboxylic acid groups (broad SMARTS) is 1. The summed E-state index contributed by atoms with van der Waals surface area (Å²) in [5.74, 6) is -1.02. The molecule has 2 rings (SSSR count). The number of carboxylic acids is 1. The highest BCUT2D eigenvalue weighted by Gasteiger charge is 2.08. The Bertz CT molecular complexity index is 592. The van der Waals surface area contributed by atoms with Crippen LogP contribution in [0.15, 0.2) is 30.6 Å². The number of hydrogen-bond donors (Lipinski definition) is 3. The molecule has 0 aliphatic carbocycles. The summed E-state index contributed by atoms with van der Waals surface area (Å²) in [7, 11) is 0. The standard InChI is InChI=1S/C13H16N4O2/c1-9-7-16-17(8-9)5-4-15-10-2-3-12(14)11(6-10)13(18)19/h2-3,6-8,15H,4-5,14H2,1H3,(H,18,19). The van der Waals surface area contributed by atoms with Crippen molar-refractivity contribution >= 4 is 17.3 Å². The molecular formula is C13H16N4O2. The summed E-state index contributed by atoms with van der Waals surface area (Å²) in [6, 6.07) is 4.88. The Hall–Kier alpha value is -2.50. The molecular weight excluding hydrogens is 244 g/mol. The first-order chi connectivity index (χ1) is 9.06. The minimum absolute atomic E-state index is 0.111.